The number of pyridine rings is 1. The average Bonchev–Trinajstić information content (AvgIpc) is 2.69. The summed E-state index contributed by atoms with van der Waals surface area (Å²) in [5.74, 6) is 0.731. The number of hydrogen-bond acceptors (Lipinski definition) is 3. The SMILES string of the molecule is CC(C)Oc1cc(N2CCCC2)ccn1. The van der Waals surface area contributed by atoms with Crippen LogP contribution in [0.15, 0.2) is 18.3 Å². The lowest BCUT2D eigenvalue weighted by Crippen LogP contribution is -2.18. The van der Waals surface area contributed by atoms with Gasteiger partial charge in [-0.3, -0.25) is 0 Å². The molecule has 0 saturated carbocycles. The highest BCUT2D eigenvalue weighted by atomic mass is 16.5. The summed E-state index contributed by atoms with van der Waals surface area (Å²) < 4.78 is 5.58. The number of rotatable bonds is 3. The van der Waals surface area contributed by atoms with Crippen LogP contribution in [0.25, 0.3) is 0 Å². The third-order valence-electron chi connectivity index (χ3n) is 2.55. The molecule has 0 atom stereocenters. The van der Waals surface area contributed by atoms with Gasteiger partial charge in [-0.2, -0.15) is 0 Å². The molecule has 3 heteroatoms. The van der Waals surface area contributed by atoms with Crippen molar-refractivity contribution in [1.82, 2.24) is 4.98 Å². The quantitative estimate of drug-likeness (QED) is 0.759. The Bertz CT molecular complexity index is 319. The number of nitrogens with zero attached hydrogens (tertiary/aromatic N) is 2. The van der Waals surface area contributed by atoms with Crippen molar-refractivity contribution in [3.8, 4) is 5.88 Å². The molecule has 1 saturated heterocycles. The average molecular weight is 206 g/mol. The maximum absolute atomic E-state index is 5.58. The first kappa shape index (κ1) is 10.3. The molecule has 0 N–H and O–H groups in total. The Kier molecular flexibility index (Phi) is 3.09. The van der Waals surface area contributed by atoms with Gasteiger partial charge in [0.25, 0.3) is 0 Å². The summed E-state index contributed by atoms with van der Waals surface area (Å²) in [6, 6.07) is 4.09. The van der Waals surface area contributed by atoms with E-state index in [0.29, 0.717) is 0 Å². The van der Waals surface area contributed by atoms with Gasteiger partial charge in [-0.05, 0) is 32.8 Å². The summed E-state index contributed by atoms with van der Waals surface area (Å²) in [4.78, 5) is 6.59. The van der Waals surface area contributed by atoms with Crippen molar-refractivity contribution in [1.29, 1.82) is 0 Å². The minimum atomic E-state index is 0.186. The van der Waals surface area contributed by atoms with Crippen molar-refractivity contribution in [3.05, 3.63) is 18.3 Å². The van der Waals surface area contributed by atoms with E-state index in [1.165, 1.54) is 18.5 Å². The largest absolute Gasteiger partial charge is 0.475 e. The predicted molar refractivity (Wildman–Crippen MR) is 61.4 cm³/mol. The van der Waals surface area contributed by atoms with E-state index < -0.39 is 0 Å². The smallest absolute Gasteiger partial charge is 0.215 e. The molecular weight excluding hydrogens is 188 g/mol. The molecule has 2 rings (SSSR count). The van der Waals surface area contributed by atoms with Gasteiger partial charge in [-0.1, -0.05) is 0 Å². The van der Waals surface area contributed by atoms with Gasteiger partial charge in [0.1, 0.15) is 0 Å². The molecule has 0 amide bonds. The number of ether oxygens (including phenoxy) is 1. The highest BCUT2D eigenvalue weighted by Gasteiger charge is 2.13. The summed E-state index contributed by atoms with van der Waals surface area (Å²) in [6.07, 6.45) is 4.60. The molecule has 2 heterocycles. The monoisotopic (exact) mass is 206 g/mol. The minimum absolute atomic E-state index is 0.186. The number of anilines is 1. The predicted octanol–water partition coefficient (Wildman–Crippen LogP) is 2.47. The Morgan fingerprint density at radius 1 is 1.33 bits per heavy atom. The maximum Gasteiger partial charge on any atom is 0.215 e. The van der Waals surface area contributed by atoms with Crippen molar-refractivity contribution >= 4 is 5.69 Å². The molecule has 1 aromatic rings. The highest BCUT2D eigenvalue weighted by Crippen LogP contribution is 2.23. The van der Waals surface area contributed by atoms with Gasteiger partial charge >= 0.3 is 0 Å². The molecular formula is C12H18N2O. The zero-order valence-electron chi connectivity index (χ0n) is 9.44. The number of hydrogen-bond donors (Lipinski definition) is 0. The summed E-state index contributed by atoms with van der Waals surface area (Å²) in [5, 5.41) is 0. The van der Waals surface area contributed by atoms with Crippen LogP contribution in [0.5, 0.6) is 5.88 Å². The van der Waals surface area contributed by atoms with Crippen LogP contribution < -0.4 is 9.64 Å². The van der Waals surface area contributed by atoms with E-state index in [0.717, 1.165) is 19.0 Å². The van der Waals surface area contributed by atoms with Gasteiger partial charge < -0.3 is 9.64 Å². The third kappa shape index (κ3) is 2.61. The first-order valence-electron chi connectivity index (χ1n) is 5.63. The summed E-state index contributed by atoms with van der Waals surface area (Å²) in [7, 11) is 0. The molecule has 1 aliphatic rings. The zero-order valence-corrected chi connectivity index (χ0v) is 9.44. The van der Waals surface area contributed by atoms with E-state index >= 15 is 0 Å². The lowest BCUT2D eigenvalue weighted by Gasteiger charge is -2.18. The second-order valence-electron chi connectivity index (χ2n) is 4.21. The molecule has 1 aromatic heterocycles. The Hall–Kier alpha value is -1.25. The zero-order chi connectivity index (χ0) is 10.7. The van der Waals surface area contributed by atoms with E-state index in [-0.39, 0.29) is 6.10 Å². The molecule has 0 spiro atoms. The van der Waals surface area contributed by atoms with Gasteiger partial charge in [0, 0.05) is 31.0 Å². The fourth-order valence-corrected chi connectivity index (χ4v) is 1.88. The van der Waals surface area contributed by atoms with E-state index in [2.05, 4.69) is 16.0 Å². The topological polar surface area (TPSA) is 25.4 Å². The van der Waals surface area contributed by atoms with Crippen LogP contribution >= 0.6 is 0 Å². The van der Waals surface area contributed by atoms with Crippen LogP contribution in [0.3, 0.4) is 0 Å². The van der Waals surface area contributed by atoms with E-state index in [1.54, 1.807) is 0 Å². The van der Waals surface area contributed by atoms with Gasteiger partial charge in [0.2, 0.25) is 5.88 Å². The highest BCUT2D eigenvalue weighted by molar-refractivity contribution is 5.48. The Morgan fingerprint density at radius 3 is 2.73 bits per heavy atom. The Morgan fingerprint density at radius 2 is 2.07 bits per heavy atom. The molecule has 0 aromatic carbocycles. The summed E-state index contributed by atoms with van der Waals surface area (Å²) in [6.45, 7) is 6.35. The van der Waals surface area contributed by atoms with Crippen LogP contribution in [-0.4, -0.2) is 24.2 Å². The van der Waals surface area contributed by atoms with Crippen LogP contribution in [0, 0.1) is 0 Å². The molecule has 0 radical (unpaired) electrons. The summed E-state index contributed by atoms with van der Waals surface area (Å²) >= 11 is 0. The molecule has 1 aliphatic heterocycles. The number of aromatic nitrogens is 1. The fraction of sp³-hybridized carbons (Fsp3) is 0.583. The minimum Gasteiger partial charge on any atom is -0.475 e. The van der Waals surface area contributed by atoms with Crippen LogP contribution in [0.2, 0.25) is 0 Å². The molecule has 0 aliphatic carbocycles. The van der Waals surface area contributed by atoms with Crippen molar-refractivity contribution in [3.63, 3.8) is 0 Å². The third-order valence-corrected chi connectivity index (χ3v) is 2.55. The first-order valence-corrected chi connectivity index (χ1v) is 5.63. The van der Waals surface area contributed by atoms with Crippen LogP contribution in [-0.2, 0) is 0 Å². The van der Waals surface area contributed by atoms with E-state index in [4.69, 9.17) is 4.74 Å². The normalized spacial score (nSPS) is 16.1. The van der Waals surface area contributed by atoms with Crippen LogP contribution in [0.4, 0.5) is 5.69 Å². The molecule has 0 unspecified atom stereocenters. The molecule has 0 bridgehead atoms. The molecule has 82 valence electrons. The maximum atomic E-state index is 5.58. The van der Waals surface area contributed by atoms with E-state index in [1.807, 2.05) is 26.1 Å². The Balaban J connectivity index is 2.11. The molecule has 3 nitrogen and oxygen atoms in total. The van der Waals surface area contributed by atoms with Gasteiger partial charge in [0.15, 0.2) is 0 Å². The molecule has 15 heavy (non-hydrogen) atoms. The van der Waals surface area contributed by atoms with Crippen LogP contribution in [0.1, 0.15) is 26.7 Å². The van der Waals surface area contributed by atoms with Crippen molar-refractivity contribution in [2.75, 3.05) is 18.0 Å². The second kappa shape index (κ2) is 4.51. The van der Waals surface area contributed by atoms with Gasteiger partial charge in [-0.15, -0.1) is 0 Å². The van der Waals surface area contributed by atoms with Crippen molar-refractivity contribution < 1.29 is 4.74 Å². The van der Waals surface area contributed by atoms with Gasteiger partial charge in [0.05, 0.1) is 6.10 Å². The lowest BCUT2D eigenvalue weighted by atomic mass is 10.3. The lowest BCUT2D eigenvalue weighted by molar-refractivity contribution is 0.232. The van der Waals surface area contributed by atoms with Crippen molar-refractivity contribution in [2.45, 2.75) is 32.8 Å². The van der Waals surface area contributed by atoms with E-state index in [9.17, 15) is 0 Å². The van der Waals surface area contributed by atoms with Crippen molar-refractivity contribution in [2.24, 2.45) is 0 Å². The first-order chi connectivity index (χ1) is 7.25. The summed E-state index contributed by atoms with van der Waals surface area (Å²) in [5.41, 5.74) is 1.23. The fourth-order valence-electron chi connectivity index (χ4n) is 1.88. The standard InChI is InChI=1S/C12H18N2O/c1-10(2)15-12-9-11(5-6-13-12)14-7-3-4-8-14/h5-6,9-10H,3-4,7-8H2,1-2H3. The van der Waals surface area contributed by atoms with Gasteiger partial charge in [-0.25, -0.2) is 4.98 Å². The second-order valence-corrected chi connectivity index (χ2v) is 4.21. The molecule has 1 fully saturated rings. The Labute approximate surface area is 91.1 Å².